The summed E-state index contributed by atoms with van der Waals surface area (Å²) in [5.74, 6) is 13.3. The van der Waals surface area contributed by atoms with E-state index >= 15 is 0 Å². The summed E-state index contributed by atoms with van der Waals surface area (Å²) in [6.07, 6.45) is 5.14. The number of pyridine rings is 2. The molecule has 476 valence electrons. The lowest BCUT2D eigenvalue weighted by Gasteiger charge is -2.28. The first-order chi connectivity index (χ1) is 43.3. The maximum absolute atomic E-state index is 12.8. The number of amides is 4. The number of nitrogen functional groups attached to an aromatic ring is 1. The van der Waals surface area contributed by atoms with Gasteiger partial charge < -0.3 is 40.4 Å². The van der Waals surface area contributed by atoms with Crippen molar-refractivity contribution in [2.24, 2.45) is 5.90 Å². The van der Waals surface area contributed by atoms with Gasteiger partial charge in [-0.3, -0.25) is 33.5 Å². The molecular formula is C66H75N12O12P. The van der Waals surface area contributed by atoms with Crippen LogP contribution in [0.1, 0.15) is 146 Å². The number of carbonyl (C=O) groups excluding carboxylic acids is 6. The number of Topliss-reactive ketones (excluding diaryl/α,β-unsaturated/α-hetero) is 2. The molecule has 10 rings (SSSR count). The third-order valence-corrected chi connectivity index (χ3v) is 16.6. The average molecular weight is 1260 g/mol. The van der Waals surface area contributed by atoms with Gasteiger partial charge in [0.15, 0.2) is 17.4 Å². The minimum absolute atomic E-state index is 0.179. The van der Waals surface area contributed by atoms with Gasteiger partial charge in [-0.2, -0.15) is 0 Å². The second kappa shape index (κ2) is 29.1. The Labute approximate surface area is 527 Å². The van der Waals surface area contributed by atoms with Gasteiger partial charge >= 0.3 is 12.2 Å². The maximum Gasteiger partial charge on any atom is 0.410 e. The molecule has 25 heteroatoms. The number of nitrogens with one attached hydrogen (secondary N) is 3. The number of hydrogen-bond donors (Lipinski definition) is 5. The first-order valence-electron chi connectivity index (χ1n) is 29.2. The standard InChI is InChI=1S/C27H32N6O5.C27H31N5O5.C12H12NO2P/c1-16(34)23-22(31-24(33(23)28)20-7-6-14-32(20)26(36)38-27(2,3)4)17-8-10-18(11-9-17)25(35)30-21-15-19(37-5)12-13-29-21;1-16(33)22-23(31-24(30-22)20-7-6-14-32(20)26(35)37-27(2,3)4)17-8-10-18(11-9-17)25(34)29-21-15-19(36-5)12-13-28-21;13-15-16(14,11-7-3-1-4-8-11)12-9-5-2-6-10-12/h8-13,15,20H,6-7,14,28H2,1-5H3,(H,29,30,35);8-13,15,20H,6-7,14H2,1-5H3,(H,30,31)(H,28,29,34);1-10H,13H2/t2*20-;/m00./s1. The quantitative estimate of drug-likeness (QED) is 0.0276. The summed E-state index contributed by atoms with van der Waals surface area (Å²) in [5.41, 5.74) is 2.26. The first-order valence-corrected chi connectivity index (χ1v) is 30.9. The Balaban J connectivity index is 0.000000190. The van der Waals surface area contributed by atoms with Crippen LogP contribution in [0, 0.1) is 0 Å². The summed E-state index contributed by atoms with van der Waals surface area (Å²) in [5, 5.41) is 6.67. The number of hydrogen-bond acceptors (Lipinski definition) is 18. The van der Waals surface area contributed by atoms with Crippen molar-refractivity contribution >= 4 is 65.2 Å². The smallest absolute Gasteiger partial charge is 0.410 e. The number of aromatic amines is 1. The SMILES string of the molecule is COc1ccnc(NC(=O)c2ccc(-c3nc([C@@H]4CCCN4C(=O)OC(C)(C)C)[nH]c3C(C)=O)cc2)c1.COc1ccnc(NC(=O)c2ccc(-c3nc([C@@H]4CCCN4C(=O)OC(C)(C)C)n(N)c3C(C)=O)cc2)c1.NOP(=O)(c1ccccc1)c1ccccc1. The van der Waals surface area contributed by atoms with Crippen molar-refractivity contribution < 1.29 is 56.9 Å². The molecule has 6 heterocycles. The molecule has 8 aromatic rings. The summed E-state index contributed by atoms with van der Waals surface area (Å²) >= 11 is 0. The third-order valence-electron chi connectivity index (χ3n) is 14.3. The monoisotopic (exact) mass is 1260 g/mol. The van der Waals surface area contributed by atoms with Crippen LogP contribution in [0.25, 0.3) is 22.5 Å². The van der Waals surface area contributed by atoms with E-state index in [0.717, 1.165) is 12.8 Å². The van der Waals surface area contributed by atoms with E-state index in [1.54, 1.807) is 113 Å². The molecule has 2 aliphatic heterocycles. The Kier molecular flexibility index (Phi) is 21.4. The van der Waals surface area contributed by atoms with Crippen LogP contribution >= 0.6 is 7.37 Å². The summed E-state index contributed by atoms with van der Waals surface area (Å²) < 4.78 is 40.1. The number of ketones is 2. The minimum atomic E-state index is -3.13. The van der Waals surface area contributed by atoms with E-state index in [4.69, 9.17) is 45.3 Å². The molecule has 2 atom stereocenters. The van der Waals surface area contributed by atoms with Gasteiger partial charge in [-0.05, 0) is 128 Å². The van der Waals surface area contributed by atoms with Crippen LogP contribution in [0.15, 0.2) is 146 Å². The number of benzene rings is 4. The van der Waals surface area contributed by atoms with Crippen molar-refractivity contribution in [3.63, 3.8) is 0 Å². The molecule has 4 aromatic heterocycles. The zero-order valence-corrected chi connectivity index (χ0v) is 53.3. The summed E-state index contributed by atoms with van der Waals surface area (Å²) in [4.78, 5) is 100. The molecule has 24 nitrogen and oxygen atoms in total. The highest BCUT2D eigenvalue weighted by Crippen LogP contribution is 2.42. The summed E-state index contributed by atoms with van der Waals surface area (Å²) in [6.45, 7) is 14.8. The van der Waals surface area contributed by atoms with Crippen molar-refractivity contribution in [3.8, 4) is 34.0 Å². The largest absolute Gasteiger partial charge is 0.497 e. The molecule has 91 heavy (non-hydrogen) atoms. The Morgan fingerprint density at radius 2 is 1.03 bits per heavy atom. The maximum atomic E-state index is 12.8. The molecule has 0 saturated carbocycles. The second-order valence-corrected chi connectivity index (χ2v) is 25.6. The predicted octanol–water partition coefficient (Wildman–Crippen LogP) is 11.0. The molecule has 0 bridgehead atoms. The number of nitrogens with zero attached hydrogens (tertiary/aromatic N) is 7. The molecular weight excluding hydrogens is 1180 g/mol. The highest BCUT2D eigenvalue weighted by Gasteiger charge is 2.39. The van der Waals surface area contributed by atoms with Gasteiger partial charge in [0.2, 0.25) is 0 Å². The molecule has 0 aliphatic carbocycles. The first kappa shape index (κ1) is 66.9. The van der Waals surface area contributed by atoms with E-state index in [9.17, 15) is 33.3 Å². The van der Waals surface area contributed by atoms with E-state index in [1.165, 1.54) is 38.9 Å². The molecule has 0 radical (unpaired) electrons. The van der Waals surface area contributed by atoms with Gasteiger partial charge in [0.05, 0.1) is 32.0 Å². The fourth-order valence-corrected chi connectivity index (χ4v) is 11.7. The van der Waals surface area contributed by atoms with E-state index in [0.29, 0.717) is 111 Å². The van der Waals surface area contributed by atoms with Crippen molar-refractivity contribution in [2.75, 3.05) is 43.8 Å². The number of aromatic nitrogens is 6. The summed E-state index contributed by atoms with van der Waals surface area (Å²) in [6, 6.07) is 37.3. The van der Waals surface area contributed by atoms with E-state index in [1.807, 2.05) is 77.9 Å². The van der Waals surface area contributed by atoms with Crippen molar-refractivity contribution in [2.45, 2.75) is 104 Å². The number of nitrogens with two attached hydrogens (primary N) is 2. The zero-order valence-electron chi connectivity index (χ0n) is 52.4. The number of carbonyl (C=O) groups is 6. The lowest BCUT2D eigenvalue weighted by molar-refractivity contribution is 0.0207. The summed E-state index contributed by atoms with van der Waals surface area (Å²) in [7, 11) is -0.0558. The molecule has 2 aliphatic rings. The van der Waals surface area contributed by atoms with Crippen LogP contribution in [0.3, 0.4) is 0 Å². The average Bonchev–Trinajstić information content (AvgIpc) is 1.67. The number of likely N-dealkylation sites (tertiary alicyclic amines) is 2. The number of ether oxygens (including phenoxy) is 4. The molecule has 7 N–H and O–H groups in total. The minimum Gasteiger partial charge on any atom is -0.497 e. The van der Waals surface area contributed by atoms with Crippen LogP contribution in [-0.4, -0.2) is 113 Å². The van der Waals surface area contributed by atoms with Gasteiger partial charge in [0.1, 0.15) is 57.2 Å². The normalized spacial score (nSPS) is 14.6. The molecule has 4 aromatic carbocycles. The van der Waals surface area contributed by atoms with Crippen molar-refractivity contribution in [1.29, 1.82) is 0 Å². The van der Waals surface area contributed by atoms with Gasteiger partial charge in [-0.25, -0.2) is 44.7 Å². The lowest BCUT2D eigenvalue weighted by atomic mass is 10.1. The van der Waals surface area contributed by atoms with Crippen LogP contribution in [0.2, 0.25) is 0 Å². The van der Waals surface area contributed by atoms with E-state index in [2.05, 4.69) is 25.6 Å². The highest BCUT2D eigenvalue weighted by atomic mass is 31.2. The highest BCUT2D eigenvalue weighted by molar-refractivity contribution is 7.74. The van der Waals surface area contributed by atoms with E-state index < -0.39 is 36.8 Å². The lowest BCUT2D eigenvalue weighted by Crippen LogP contribution is -2.37. The fraction of sp³-hybridized carbons (Fsp3) is 0.303. The molecule has 0 spiro atoms. The molecule has 4 amide bonds. The number of anilines is 2. The topological polar surface area (TPSA) is 320 Å². The number of H-pyrrole nitrogens is 1. The van der Waals surface area contributed by atoms with Crippen molar-refractivity contribution in [3.05, 3.63) is 180 Å². The molecule has 2 fully saturated rings. The van der Waals surface area contributed by atoms with Crippen LogP contribution in [-0.2, 0) is 18.7 Å². The fourth-order valence-electron chi connectivity index (χ4n) is 10.1. The Morgan fingerprint density at radius 1 is 0.593 bits per heavy atom. The van der Waals surface area contributed by atoms with Gasteiger partial charge in [-0.1, -0.05) is 60.7 Å². The second-order valence-electron chi connectivity index (χ2n) is 23.2. The third kappa shape index (κ3) is 16.6. The predicted molar refractivity (Wildman–Crippen MR) is 344 cm³/mol. The van der Waals surface area contributed by atoms with E-state index in [-0.39, 0.29) is 35.1 Å². The van der Waals surface area contributed by atoms with Crippen LogP contribution in [0.5, 0.6) is 11.5 Å². The van der Waals surface area contributed by atoms with Gasteiger partial charge in [-0.15, -0.1) is 0 Å². The Hall–Kier alpha value is -10.0. The molecule has 0 unspecified atom stereocenters. The zero-order chi connectivity index (χ0) is 65.8. The Bertz CT molecular complexity index is 3900. The Morgan fingerprint density at radius 3 is 1.45 bits per heavy atom. The number of methoxy groups -OCH3 is 2. The van der Waals surface area contributed by atoms with Gasteiger partial charge in [0.25, 0.3) is 19.2 Å². The molecule has 2 saturated heterocycles. The number of rotatable bonds is 15. The van der Waals surface area contributed by atoms with Gasteiger partial charge in [0, 0.05) is 84.3 Å². The van der Waals surface area contributed by atoms with Crippen molar-refractivity contribution in [1.82, 2.24) is 39.4 Å². The number of imidazole rings is 2. The van der Waals surface area contributed by atoms with Crippen LogP contribution in [0.4, 0.5) is 21.2 Å². The van der Waals surface area contributed by atoms with Crippen LogP contribution < -0.4 is 42.5 Å².